The highest BCUT2D eigenvalue weighted by atomic mass is 32.1. The summed E-state index contributed by atoms with van der Waals surface area (Å²) in [4.78, 5) is 15.0. The summed E-state index contributed by atoms with van der Waals surface area (Å²) in [6.07, 6.45) is 0. The van der Waals surface area contributed by atoms with Gasteiger partial charge in [0.2, 0.25) is 0 Å². The van der Waals surface area contributed by atoms with Crippen molar-refractivity contribution in [2.75, 3.05) is 0 Å². The molecule has 0 aliphatic rings. The quantitative estimate of drug-likeness (QED) is 0.187. The first-order chi connectivity index (χ1) is 25.3. The van der Waals surface area contributed by atoms with Crippen molar-refractivity contribution >= 4 is 75.3 Å². The van der Waals surface area contributed by atoms with Crippen LogP contribution in [0, 0.1) is 0 Å². The molecule has 0 fully saturated rings. The lowest BCUT2D eigenvalue weighted by molar-refractivity contribution is 0.669. The van der Waals surface area contributed by atoms with Gasteiger partial charge in [0.15, 0.2) is 17.5 Å². The first-order valence-electron chi connectivity index (χ1n) is 16.9. The van der Waals surface area contributed by atoms with E-state index in [-0.39, 0.29) is 0 Å². The maximum absolute atomic E-state index is 6.10. The van der Waals surface area contributed by atoms with Crippen LogP contribution in [0.25, 0.3) is 104 Å². The molecular formula is C45H26N4OS. The van der Waals surface area contributed by atoms with Crippen LogP contribution in [-0.2, 0) is 0 Å². The molecule has 0 bridgehead atoms. The van der Waals surface area contributed by atoms with Gasteiger partial charge in [-0.15, -0.1) is 11.3 Å². The molecule has 11 aromatic rings. The summed E-state index contributed by atoms with van der Waals surface area (Å²) in [5.74, 6) is 1.87. The van der Waals surface area contributed by atoms with Crippen molar-refractivity contribution in [1.29, 1.82) is 0 Å². The Morgan fingerprint density at radius 2 is 1.06 bits per heavy atom. The Morgan fingerprint density at radius 3 is 1.88 bits per heavy atom. The molecule has 0 N–H and O–H groups in total. The zero-order chi connectivity index (χ0) is 33.5. The molecule has 0 spiro atoms. The molecule has 0 atom stereocenters. The third-order valence-corrected chi connectivity index (χ3v) is 11.1. The lowest BCUT2D eigenvalue weighted by atomic mass is 10.1. The smallest absolute Gasteiger partial charge is 0.164 e. The van der Waals surface area contributed by atoms with Crippen molar-refractivity contribution in [2.24, 2.45) is 0 Å². The van der Waals surface area contributed by atoms with Crippen LogP contribution in [0.4, 0.5) is 0 Å². The molecule has 4 heterocycles. The number of furan rings is 1. The maximum atomic E-state index is 6.10. The van der Waals surface area contributed by atoms with Crippen molar-refractivity contribution < 1.29 is 4.42 Å². The first-order valence-corrected chi connectivity index (χ1v) is 17.8. The van der Waals surface area contributed by atoms with Crippen LogP contribution in [0.5, 0.6) is 0 Å². The molecule has 11 rings (SSSR count). The minimum atomic E-state index is 0.616. The van der Waals surface area contributed by atoms with E-state index in [2.05, 4.69) is 102 Å². The lowest BCUT2D eigenvalue weighted by Gasteiger charge is -2.11. The second-order valence-corrected chi connectivity index (χ2v) is 13.9. The van der Waals surface area contributed by atoms with Gasteiger partial charge in [0.05, 0.1) is 11.0 Å². The lowest BCUT2D eigenvalue weighted by Crippen LogP contribution is -2.00. The molecule has 0 aliphatic carbocycles. The van der Waals surface area contributed by atoms with Gasteiger partial charge in [-0.3, -0.25) is 0 Å². The third-order valence-electron chi connectivity index (χ3n) is 9.87. The van der Waals surface area contributed by atoms with Crippen LogP contribution >= 0.6 is 11.3 Å². The van der Waals surface area contributed by atoms with E-state index in [0.29, 0.717) is 17.5 Å². The fraction of sp³-hybridized carbons (Fsp3) is 0. The van der Waals surface area contributed by atoms with Crippen LogP contribution in [0.2, 0.25) is 0 Å². The summed E-state index contributed by atoms with van der Waals surface area (Å²) in [7, 11) is 0. The summed E-state index contributed by atoms with van der Waals surface area (Å²) in [6.45, 7) is 0. The zero-order valence-corrected chi connectivity index (χ0v) is 27.9. The van der Waals surface area contributed by atoms with E-state index in [1.54, 1.807) is 0 Å². The van der Waals surface area contributed by atoms with E-state index in [4.69, 9.17) is 19.4 Å². The largest absolute Gasteiger partial charge is 0.456 e. The summed E-state index contributed by atoms with van der Waals surface area (Å²) in [6, 6.07) is 54.9. The average Bonchev–Trinajstić information content (AvgIpc) is 3.87. The molecular weight excluding hydrogens is 645 g/mol. The van der Waals surface area contributed by atoms with Gasteiger partial charge in [-0.1, -0.05) is 91.0 Å². The number of para-hydroxylation sites is 2. The Morgan fingerprint density at radius 1 is 0.431 bits per heavy atom. The van der Waals surface area contributed by atoms with Crippen LogP contribution in [0.15, 0.2) is 162 Å². The molecule has 7 aromatic carbocycles. The molecule has 0 amide bonds. The summed E-state index contributed by atoms with van der Waals surface area (Å²) < 4.78 is 11.1. The van der Waals surface area contributed by atoms with Crippen molar-refractivity contribution in [1.82, 2.24) is 19.5 Å². The van der Waals surface area contributed by atoms with Crippen molar-refractivity contribution in [3.63, 3.8) is 0 Å². The fourth-order valence-corrected chi connectivity index (χ4v) is 8.75. The molecule has 0 saturated carbocycles. The van der Waals surface area contributed by atoms with Crippen LogP contribution in [0.1, 0.15) is 0 Å². The van der Waals surface area contributed by atoms with Crippen molar-refractivity contribution in [2.45, 2.75) is 0 Å². The van der Waals surface area contributed by atoms with Gasteiger partial charge < -0.3 is 8.98 Å². The second-order valence-electron chi connectivity index (χ2n) is 12.8. The number of benzene rings is 7. The maximum Gasteiger partial charge on any atom is 0.164 e. The number of fused-ring (bicyclic) bond motifs is 10. The topological polar surface area (TPSA) is 56.7 Å². The third kappa shape index (κ3) is 4.37. The van der Waals surface area contributed by atoms with E-state index < -0.39 is 0 Å². The van der Waals surface area contributed by atoms with E-state index in [0.717, 1.165) is 44.3 Å². The van der Waals surface area contributed by atoms with Gasteiger partial charge in [-0.05, 0) is 66.7 Å². The van der Waals surface area contributed by atoms with Gasteiger partial charge in [-0.25, -0.2) is 15.0 Å². The minimum absolute atomic E-state index is 0.616. The highest BCUT2D eigenvalue weighted by Crippen LogP contribution is 2.43. The molecule has 51 heavy (non-hydrogen) atoms. The van der Waals surface area contributed by atoms with E-state index in [1.165, 1.54) is 42.0 Å². The molecule has 238 valence electrons. The Labute approximate surface area is 295 Å². The summed E-state index contributed by atoms with van der Waals surface area (Å²) in [5.41, 5.74) is 7.92. The van der Waals surface area contributed by atoms with E-state index in [9.17, 15) is 0 Å². The average molecular weight is 671 g/mol. The number of hydrogen-bond acceptors (Lipinski definition) is 5. The Balaban J connectivity index is 1.07. The van der Waals surface area contributed by atoms with Gasteiger partial charge in [0.1, 0.15) is 11.2 Å². The van der Waals surface area contributed by atoms with Crippen LogP contribution < -0.4 is 0 Å². The fourth-order valence-electron chi connectivity index (χ4n) is 7.49. The number of thiophene rings is 1. The second kappa shape index (κ2) is 10.9. The molecule has 0 aliphatic heterocycles. The monoisotopic (exact) mass is 670 g/mol. The van der Waals surface area contributed by atoms with Gasteiger partial charge in [0.25, 0.3) is 0 Å². The van der Waals surface area contributed by atoms with Gasteiger partial charge >= 0.3 is 0 Å². The number of rotatable bonds is 4. The molecule has 5 nitrogen and oxygen atoms in total. The SMILES string of the molecule is c1ccc(-c2nc(-c3ccc(-n4c5ccccc5c5c6sc7ccccc7c6ccc54)cc3)nc(-c3ccc4oc5ccccc5c4c3)n2)cc1. The van der Waals surface area contributed by atoms with E-state index in [1.807, 2.05) is 72.0 Å². The van der Waals surface area contributed by atoms with Crippen LogP contribution in [0.3, 0.4) is 0 Å². The molecule has 6 heteroatoms. The molecule has 4 aromatic heterocycles. The molecule has 0 radical (unpaired) electrons. The number of aromatic nitrogens is 4. The Hall–Kier alpha value is -6.63. The molecule has 0 saturated heterocycles. The highest BCUT2D eigenvalue weighted by molar-refractivity contribution is 7.26. The zero-order valence-electron chi connectivity index (χ0n) is 27.1. The molecule has 0 unspecified atom stereocenters. The predicted molar refractivity (Wildman–Crippen MR) is 211 cm³/mol. The summed E-state index contributed by atoms with van der Waals surface area (Å²) >= 11 is 1.87. The Kier molecular flexibility index (Phi) is 6.05. The standard InChI is InChI=1S/C45H26N4OS/c1-2-10-27(11-3-1)43-46-44(48-45(47-43)29-20-25-39-35(26-29)31-12-5-8-16-38(31)50-39)28-18-21-30(22-19-28)49-36-15-7-4-14-34(36)41-37(49)24-23-33-32-13-6-9-17-40(32)51-42(33)41/h1-26H. The van der Waals surface area contributed by atoms with E-state index >= 15 is 0 Å². The normalized spacial score (nSPS) is 11.9. The van der Waals surface area contributed by atoms with Gasteiger partial charge in [0, 0.05) is 64.1 Å². The van der Waals surface area contributed by atoms with Crippen LogP contribution in [-0.4, -0.2) is 19.5 Å². The van der Waals surface area contributed by atoms with Crippen molar-refractivity contribution in [3.05, 3.63) is 158 Å². The Bertz CT molecular complexity index is 3140. The predicted octanol–water partition coefficient (Wildman–Crippen LogP) is 12.2. The number of nitrogens with zero attached hydrogens (tertiary/aromatic N) is 4. The minimum Gasteiger partial charge on any atom is -0.456 e. The number of hydrogen-bond donors (Lipinski definition) is 0. The van der Waals surface area contributed by atoms with Gasteiger partial charge in [-0.2, -0.15) is 0 Å². The highest BCUT2D eigenvalue weighted by Gasteiger charge is 2.18. The first kappa shape index (κ1) is 28.2. The summed E-state index contributed by atoms with van der Waals surface area (Å²) in [5, 5.41) is 7.28. The van der Waals surface area contributed by atoms with Crippen molar-refractivity contribution in [3.8, 4) is 39.9 Å².